The van der Waals surface area contributed by atoms with Gasteiger partial charge in [-0.15, -0.1) is 0 Å². The number of aromatic nitrogens is 2. The number of amides is 1. The highest BCUT2D eigenvalue weighted by Gasteiger charge is 2.17. The lowest BCUT2D eigenvalue weighted by Gasteiger charge is -2.14. The number of fused-ring (bicyclic) bond motifs is 1. The zero-order valence-electron chi connectivity index (χ0n) is 16.8. The number of nitrogens with one attached hydrogen (secondary N) is 2. The normalized spacial score (nSPS) is 11.3. The van der Waals surface area contributed by atoms with Gasteiger partial charge in [0.2, 0.25) is 0 Å². The van der Waals surface area contributed by atoms with E-state index in [0.717, 1.165) is 16.9 Å². The Hall–Kier alpha value is -4.20. The highest BCUT2D eigenvalue weighted by Crippen LogP contribution is 2.22. The number of carbonyl (C=O) groups excluding carboxylic acids is 1. The van der Waals surface area contributed by atoms with Crippen LogP contribution >= 0.6 is 0 Å². The fourth-order valence-electron chi connectivity index (χ4n) is 3.53. The van der Waals surface area contributed by atoms with Gasteiger partial charge in [0.05, 0.1) is 17.5 Å². The molecule has 8 heteroatoms. The molecule has 2 aromatic heterocycles. The topological polar surface area (TPSA) is 99.5 Å². The van der Waals surface area contributed by atoms with Crippen molar-refractivity contribution in [1.29, 1.82) is 0 Å². The van der Waals surface area contributed by atoms with Crippen LogP contribution in [0.4, 0.5) is 4.39 Å². The lowest BCUT2D eigenvalue weighted by Crippen LogP contribution is -2.19. The number of aromatic carboxylic acids is 1. The van der Waals surface area contributed by atoms with Crippen LogP contribution in [-0.4, -0.2) is 32.7 Å². The zero-order valence-corrected chi connectivity index (χ0v) is 16.8. The van der Waals surface area contributed by atoms with Crippen LogP contribution in [0, 0.1) is 19.7 Å². The van der Waals surface area contributed by atoms with Crippen molar-refractivity contribution in [2.45, 2.75) is 13.8 Å². The molecule has 0 aliphatic heterocycles. The summed E-state index contributed by atoms with van der Waals surface area (Å²) >= 11 is 0. The van der Waals surface area contributed by atoms with Gasteiger partial charge in [0.15, 0.2) is 0 Å². The van der Waals surface area contributed by atoms with Gasteiger partial charge in [0, 0.05) is 39.6 Å². The van der Waals surface area contributed by atoms with Crippen LogP contribution in [0.2, 0.25) is 0 Å². The number of halogens is 1. The number of rotatable bonds is 5. The molecule has 0 spiro atoms. The van der Waals surface area contributed by atoms with E-state index >= 15 is 0 Å². The van der Waals surface area contributed by atoms with E-state index in [0.29, 0.717) is 16.6 Å². The molecule has 31 heavy (non-hydrogen) atoms. The van der Waals surface area contributed by atoms with Gasteiger partial charge in [-0.1, -0.05) is 0 Å². The molecule has 2 heterocycles. The standard InChI is InChI=1S/C23H19FN4O3/c1-13-3-4-14(2)28(13)21-9-15(5-7-18(21)23(30)31)22(29)27-26-12-16-11-25-20-8-6-17(24)10-19(16)20/h3-12,25H,1-2H3,(H,27,29)(H,30,31)/b26-12+. The highest BCUT2D eigenvalue weighted by atomic mass is 19.1. The average Bonchev–Trinajstić information content (AvgIpc) is 3.29. The molecule has 4 aromatic rings. The van der Waals surface area contributed by atoms with Crippen molar-refractivity contribution in [3.63, 3.8) is 0 Å². The summed E-state index contributed by atoms with van der Waals surface area (Å²) in [5.41, 5.74) is 6.25. The summed E-state index contributed by atoms with van der Waals surface area (Å²) < 4.78 is 15.3. The van der Waals surface area contributed by atoms with E-state index < -0.39 is 11.9 Å². The van der Waals surface area contributed by atoms with Crippen LogP contribution in [0.5, 0.6) is 0 Å². The maximum absolute atomic E-state index is 13.5. The van der Waals surface area contributed by atoms with Crippen molar-refractivity contribution in [3.8, 4) is 5.69 Å². The van der Waals surface area contributed by atoms with Gasteiger partial charge >= 0.3 is 5.97 Å². The van der Waals surface area contributed by atoms with E-state index in [1.807, 2.05) is 26.0 Å². The van der Waals surface area contributed by atoms with Crippen molar-refractivity contribution in [2.24, 2.45) is 5.10 Å². The predicted octanol–water partition coefficient (Wildman–Crippen LogP) is 4.18. The van der Waals surface area contributed by atoms with Gasteiger partial charge in [-0.05, 0) is 62.4 Å². The third-order valence-corrected chi connectivity index (χ3v) is 5.05. The third kappa shape index (κ3) is 3.83. The first-order chi connectivity index (χ1) is 14.8. The summed E-state index contributed by atoms with van der Waals surface area (Å²) in [6.07, 6.45) is 3.08. The average molecular weight is 418 g/mol. The number of aromatic amines is 1. The molecule has 1 amide bonds. The van der Waals surface area contributed by atoms with Crippen LogP contribution in [0.15, 0.2) is 59.8 Å². The van der Waals surface area contributed by atoms with E-state index in [1.54, 1.807) is 16.8 Å². The minimum absolute atomic E-state index is 0.0864. The predicted molar refractivity (Wildman–Crippen MR) is 116 cm³/mol. The Balaban J connectivity index is 1.61. The molecule has 3 N–H and O–H groups in total. The Bertz CT molecular complexity index is 1330. The molecule has 156 valence electrons. The molecule has 0 radical (unpaired) electrons. The smallest absolute Gasteiger partial charge is 0.337 e. The summed E-state index contributed by atoms with van der Waals surface area (Å²) in [5, 5.41) is 14.2. The third-order valence-electron chi connectivity index (χ3n) is 5.05. The number of hydrazone groups is 1. The maximum atomic E-state index is 13.5. The lowest BCUT2D eigenvalue weighted by atomic mass is 10.1. The molecule has 7 nitrogen and oxygen atoms in total. The van der Waals surface area contributed by atoms with E-state index in [9.17, 15) is 19.1 Å². The van der Waals surface area contributed by atoms with Crippen molar-refractivity contribution in [2.75, 3.05) is 0 Å². The van der Waals surface area contributed by atoms with E-state index in [2.05, 4.69) is 15.5 Å². The molecule has 0 aliphatic carbocycles. The van der Waals surface area contributed by atoms with Gasteiger partial charge in [0.1, 0.15) is 5.82 Å². The van der Waals surface area contributed by atoms with Gasteiger partial charge in [-0.3, -0.25) is 4.79 Å². The second kappa shape index (κ2) is 7.91. The molecular weight excluding hydrogens is 399 g/mol. The summed E-state index contributed by atoms with van der Waals surface area (Å²) in [7, 11) is 0. The minimum atomic E-state index is -1.08. The molecular formula is C23H19FN4O3. The number of nitrogens with zero attached hydrogens (tertiary/aromatic N) is 2. The van der Waals surface area contributed by atoms with Crippen molar-refractivity contribution < 1.29 is 19.1 Å². The number of carboxylic acids is 1. The van der Waals surface area contributed by atoms with Crippen LogP contribution in [0.3, 0.4) is 0 Å². The van der Waals surface area contributed by atoms with E-state index in [4.69, 9.17) is 0 Å². The number of hydrogen-bond acceptors (Lipinski definition) is 3. The van der Waals surface area contributed by atoms with Crippen LogP contribution < -0.4 is 5.43 Å². The molecule has 2 aromatic carbocycles. The number of hydrogen-bond donors (Lipinski definition) is 3. The second-order valence-electron chi connectivity index (χ2n) is 7.12. The Kier molecular flexibility index (Phi) is 5.12. The largest absolute Gasteiger partial charge is 0.478 e. The fourth-order valence-corrected chi connectivity index (χ4v) is 3.53. The van der Waals surface area contributed by atoms with E-state index in [-0.39, 0.29) is 16.9 Å². The molecule has 0 bridgehead atoms. The summed E-state index contributed by atoms with van der Waals surface area (Å²) in [6, 6.07) is 12.5. The van der Waals surface area contributed by atoms with Gasteiger partial charge in [-0.2, -0.15) is 5.10 Å². The summed E-state index contributed by atoms with van der Waals surface area (Å²) in [6.45, 7) is 3.72. The molecule has 0 saturated heterocycles. The molecule has 4 rings (SSSR count). The summed E-state index contributed by atoms with van der Waals surface area (Å²) in [5.74, 6) is -1.95. The maximum Gasteiger partial charge on any atom is 0.337 e. The van der Waals surface area contributed by atoms with Crippen LogP contribution in [-0.2, 0) is 0 Å². The van der Waals surface area contributed by atoms with Crippen LogP contribution in [0.1, 0.15) is 37.7 Å². The highest BCUT2D eigenvalue weighted by molar-refractivity contribution is 6.01. The Labute approximate surface area is 176 Å². The minimum Gasteiger partial charge on any atom is -0.478 e. The number of benzene rings is 2. The quantitative estimate of drug-likeness (QED) is 0.335. The molecule has 0 unspecified atom stereocenters. The lowest BCUT2D eigenvalue weighted by molar-refractivity contribution is 0.0696. The Morgan fingerprint density at radius 3 is 2.55 bits per heavy atom. The van der Waals surface area contributed by atoms with E-state index in [1.165, 1.54) is 36.5 Å². The molecule has 0 atom stereocenters. The van der Waals surface area contributed by atoms with Gasteiger partial charge in [0.25, 0.3) is 5.91 Å². The SMILES string of the molecule is Cc1ccc(C)n1-c1cc(C(=O)N/N=C/c2c[nH]c3ccc(F)cc23)ccc1C(=O)O. The Morgan fingerprint density at radius 2 is 1.84 bits per heavy atom. The number of aryl methyl sites for hydroxylation is 2. The van der Waals surface area contributed by atoms with Gasteiger partial charge in [-0.25, -0.2) is 14.6 Å². The van der Waals surface area contributed by atoms with Crippen molar-refractivity contribution >= 4 is 29.0 Å². The first kappa shape index (κ1) is 20.1. The molecule has 0 saturated carbocycles. The molecule has 0 aliphatic rings. The molecule has 0 fully saturated rings. The first-order valence-electron chi connectivity index (χ1n) is 9.48. The van der Waals surface area contributed by atoms with Crippen molar-refractivity contribution in [3.05, 3.63) is 88.6 Å². The van der Waals surface area contributed by atoms with Crippen LogP contribution in [0.25, 0.3) is 16.6 Å². The fraction of sp³-hybridized carbons (Fsp3) is 0.0870. The number of carboxylic acid groups (broad SMARTS) is 1. The number of H-pyrrole nitrogens is 1. The van der Waals surface area contributed by atoms with Gasteiger partial charge < -0.3 is 14.7 Å². The zero-order chi connectivity index (χ0) is 22.1. The first-order valence-corrected chi connectivity index (χ1v) is 9.48. The Morgan fingerprint density at radius 1 is 1.10 bits per heavy atom. The monoisotopic (exact) mass is 418 g/mol. The van der Waals surface area contributed by atoms with Crippen molar-refractivity contribution in [1.82, 2.24) is 15.0 Å². The number of carbonyl (C=O) groups is 2. The summed E-state index contributed by atoms with van der Waals surface area (Å²) in [4.78, 5) is 27.3. The second-order valence-corrected chi connectivity index (χ2v) is 7.12.